The lowest BCUT2D eigenvalue weighted by atomic mass is 9.91. The second-order valence-electron chi connectivity index (χ2n) is 6.64. The summed E-state index contributed by atoms with van der Waals surface area (Å²) in [7, 11) is 0. The smallest absolute Gasteiger partial charge is 0.333 e. The van der Waals surface area contributed by atoms with Crippen LogP contribution >= 0.6 is 0 Å². The summed E-state index contributed by atoms with van der Waals surface area (Å²) < 4.78 is 13.1. The number of nitrogens with one attached hydrogen (secondary N) is 2. The van der Waals surface area contributed by atoms with Gasteiger partial charge in [-0.15, -0.1) is 0 Å². The minimum Gasteiger partial charge on any atom is -0.479 e. The zero-order valence-corrected chi connectivity index (χ0v) is 14.3. The minimum atomic E-state index is -1.73. The molecule has 25 heavy (non-hydrogen) atoms. The first-order valence-corrected chi connectivity index (χ1v) is 8.36. The Bertz CT molecular complexity index is 656. The van der Waals surface area contributed by atoms with E-state index in [1.807, 2.05) is 0 Å². The van der Waals surface area contributed by atoms with E-state index >= 15 is 0 Å². The molecule has 0 aliphatic heterocycles. The van der Waals surface area contributed by atoms with Crippen LogP contribution in [0.1, 0.15) is 45.1 Å². The molecule has 0 saturated heterocycles. The van der Waals surface area contributed by atoms with Gasteiger partial charge in [0.2, 0.25) is 11.8 Å². The van der Waals surface area contributed by atoms with Crippen LogP contribution in [0.3, 0.4) is 0 Å². The molecule has 1 aromatic rings. The zero-order chi connectivity index (χ0) is 18.6. The first kappa shape index (κ1) is 18.9. The lowest BCUT2D eigenvalue weighted by Gasteiger charge is -2.28. The van der Waals surface area contributed by atoms with Crippen LogP contribution in [0, 0.1) is 11.7 Å². The number of halogens is 1. The summed E-state index contributed by atoms with van der Waals surface area (Å²) in [5.41, 5.74) is -1.49. The molecule has 1 aliphatic carbocycles. The molecule has 0 heterocycles. The van der Waals surface area contributed by atoms with Gasteiger partial charge in [0.1, 0.15) is 11.9 Å². The maximum Gasteiger partial charge on any atom is 0.333 e. The average molecular weight is 350 g/mol. The van der Waals surface area contributed by atoms with E-state index in [1.54, 1.807) is 0 Å². The van der Waals surface area contributed by atoms with Crippen molar-refractivity contribution >= 4 is 17.8 Å². The van der Waals surface area contributed by atoms with Crippen LogP contribution in [0.4, 0.5) is 4.39 Å². The van der Waals surface area contributed by atoms with E-state index in [2.05, 4.69) is 10.6 Å². The molecular formula is C18H23FN2O4. The molecule has 0 aromatic heterocycles. The van der Waals surface area contributed by atoms with E-state index in [-0.39, 0.29) is 17.4 Å². The average Bonchev–Trinajstić information content (AvgIpc) is 3.09. The van der Waals surface area contributed by atoms with E-state index in [4.69, 9.17) is 0 Å². The minimum absolute atomic E-state index is 0.0850. The maximum atomic E-state index is 13.1. The Morgan fingerprint density at radius 3 is 2.28 bits per heavy atom. The van der Waals surface area contributed by atoms with Gasteiger partial charge in [0.05, 0.1) is 0 Å². The second-order valence-corrected chi connectivity index (χ2v) is 6.64. The molecule has 1 aromatic carbocycles. The van der Waals surface area contributed by atoms with Crippen molar-refractivity contribution in [3.8, 4) is 0 Å². The molecule has 0 spiro atoms. The van der Waals surface area contributed by atoms with E-state index in [1.165, 1.54) is 26.0 Å². The van der Waals surface area contributed by atoms with Crippen molar-refractivity contribution in [1.82, 2.24) is 10.6 Å². The molecule has 0 radical (unpaired) electrons. The number of hydrogen-bond donors (Lipinski definition) is 3. The summed E-state index contributed by atoms with van der Waals surface area (Å²) in [6.45, 7) is 2.83. The van der Waals surface area contributed by atoms with E-state index in [0.717, 1.165) is 37.8 Å². The molecule has 136 valence electrons. The number of carboxylic acids is 1. The van der Waals surface area contributed by atoms with Crippen LogP contribution in [-0.4, -0.2) is 28.9 Å². The van der Waals surface area contributed by atoms with Crippen molar-refractivity contribution in [3.05, 3.63) is 35.6 Å². The SMILES string of the molecule is CC(NC(=O)C1CCCC1)C(=O)NC(C)(C(=O)O)c1ccc(F)cc1. The molecule has 2 amide bonds. The van der Waals surface area contributed by atoms with Crippen molar-refractivity contribution < 1.29 is 23.9 Å². The molecule has 6 nitrogen and oxygen atoms in total. The van der Waals surface area contributed by atoms with Crippen molar-refractivity contribution in [3.63, 3.8) is 0 Å². The highest BCUT2D eigenvalue weighted by Gasteiger charge is 2.38. The van der Waals surface area contributed by atoms with Gasteiger partial charge < -0.3 is 15.7 Å². The quantitative estimate of drug-likeness (QED) is 0.731. The largest absolute Gasteiger partial charge is 0.479 e. The predicted molar refractivity (Wildman–Crippen MR) is 89.1 cm³/mol. The van der Waals surface area contributed by atoms with Gasteiger partial charge in [0.15, 0.2) is 5.54 Å². The van der Waals surface area contributed by atoms with Gasteiger partial charge in [0, 0.05) is 5.92 Å². The first-order valence-electron chi connectivity index (χ1n) is 8.36. The standard InChI is InChI=1S/C18H23FN2O4/c1-11(20-16(23)12-5-3-4-6-12)15(22)21-18(2,17(24)25)13-7-9-14(19)10-8-13/h7-12H,3-6H2,1-2H3,(H,20,23)(H,21,22)(H,24,25). The number of aliphatic carboxylic acids is 1. The van der Waals surface area contributed by atoms with Gasteiger partial charge in [-0.05, 0) is 44.4 Å². The van der Waals surface area contributed by atoms with Crippen LogP contribution in [0.25, 0.3) is 0 Å². The summed E-state index contributed by atoms with van der Waals surface area (Å²) in [6, 6.07) is 4.02. The summed E-state index contributed by atoms with van der Waals surface area (Å²) in [4.78, 5) is 36.2. The Kier molecular flexibility index (Phi) is 5.77. The normalized spacial score (nSPS) is 18.2. The highest BCUT2D eigenvalue weighted by Crippen LogP contribution is 2.25. The van der Waals surface area contributed by atoms with Gasteiger partial charge in [-0.2, -0.15) is 0 Å². The van der Waals surface area contributed by atoms with E-state index in [9.17, 15) is 23.9 Å². The number of carbonyl (C=O) groups excluding carboxylic acids is 2. The molecule has 2 unspecified atom stereocenters. The highest BCUT2D eigenvalue weighted by atomic mass is 19.1. The molecule has 7 heteroatoms. The van der Waals surface area contributed by atoms with Gasteiger partial charge in [-0.25, -0.2) is 9.18 Å². The van der Waals surface area contributed by atoms with Crippen molar-refractivity contribution in [1.29, 1.82) is 0 Å². The molecule has 1 aliphatic rings. The molecule has 1 saturated carbocycles. The molecular weight excluding hydrogens is 327 g/mol. The van der Waals surface area contributed by atoms with Crippen molar-refractivity contribution in [2.24, 2.45) is 5.92 Å². The summed E-state index contributed by atoms with van der Waals surface area (Å²) in [5, 5.41) is 14.6. The summed E-state index contributed by atoms with van der Waals surface area (Å²) >= 11 is 0. The van der Waals surface area contributed by atoms with Crippen molar-refractivity contribution in [2.75, 3.05) is 0 Å². The Hall–Kier alpha value is -2.44. The number of carboxylic acid groups (broad SMARTS) is 1. The van der Waals surface area contributed by atoms with Gasteiger partial charge in [-0.1, -0.05) is 25.0 Å². The Morgan fingerprint density at radius 2 is 1.76 bits per heavy atom. The third-order valence-corrected chi connectivity index (χ3v) is 4.70. The van der Waals surface area contributed by atoms with Gasteiger partial charge >= 0.3 is 5.97 Å². The number of rotatable bonds is 6. The molecule has 3 N–H and O–H groups in total. The first-order chi connectivity index (χ1) is 11.7. The lowest BCUT2D eigenvalue weighted by molar-refractivity contribution is -0.147. The van der Waals surface area contributed by atoms with E-state index in [0.29, 0.717) is 0 Å². The van der Waals surface area contributed by atoms with Crippen LogP contribution in [0.5, 0.6) is 0 Å². The molecule has 1 fully saturated rings. The number of benzene rings is 1. The van der Waals surface area contributed by atoms with Gasteiger partial charge in [0.25, 0.3) is 0 Å². The Labute approximate surface area is 145 Å². The fourth-order valence-corrected chi connectivity index (χ4v) is 2.97. The fraction of sp³-hybridized carbons (Fsp3) is 0.500. The van der Waals surface area contributed by atoms with E-state index < -0.39 is 29.3 Å². The Morgan fingerprint density at radius 1 is 1.20 bits per heavy atom. The lowest BCUT2D eigenvalue weighted by Crippen LogP contribution is -2.55. The molecule has 2 atom stereocenters. The summed E-state index contributed by atoms with van der Waals surface area (Å²) in [6.07, 6.45) is 3.62. The third kappa shape index (κ3) is 4.35. The van der Waals surface area contributed by atoms with Crippen LogP contribution < -0.4 is 10.6 Å². The Balaban J connectivity index is 2.07. The maximum absolute atomic E-state index is 13.1. The zero-order valence-electron chi connectivity index (χ0n) is 14.3. The second kappa shape index (κ2) is 7.63. The molecule has 2 rings (SSSR count). The number of hydrogen-bond acceptors (Lipinski definition) is 3. The fourth-order valence-electron chi connectivity index (χ4n) is 2.97. The summed E-state index contributed by atoms with van der Waals surface area (Å²) in [5.74, 6) is -2.65. The highest BCUT2D eigenvalue weighted by molar-refractivity contribution is 5.92. The van der Waals surface area contributed by atoms with Crippen LogP contribution in [0.15, 0.2) is 24.3 Å². The number of carbonyl (C=O) groups is 3. The van der Waals surface area contributed by atoms with Crippen molar-refractivity contribution in [2.45, 2.75) is 51.1 Å². The monoisotopic (exact) mass is 350 g/mol. The third-order valence-electron chi connectivity index (χ3n) is 4.70. The van der Waals surface area contributed by atoms with Crippen LogP contribution in [-0.2, 0) is 19.9 Å². The predicted octanol–water partition coefficient (Wildman–Crippen LogP) is 1.94. The topological polar surface area (TPSA) is 95.5 Å². The molecule has 0 bridgehead atoms. The van der Waals surface area contributed by atoms with Gasteiger partial charge in [-0.3, -0.25) is 9.59 Å². The number of amides is 2. The van der Waals surface area contributed by atoms with Crippen LogP contribution in [0.2, 0.25) is 0 Å².